The summed E-state index contributed by atoms with van der Waals surface area (Å²) in [5, 5.41) is 4.19. The molecule has 0 saturated carbocycles. The first-order chi connectivity index (χ1) is 6.18. The zero-order valence-electron chi connectivity index (χ0n) is 7.95. The average Bonchev–Trinajstić information content (AvgIpc) is 2.53. The Kier molecular flexibility index (Phi) is 3.96. The highest BCUT2D eigenvalue weighted by Gasteiger charge is 2.05. The molecule has 0 bridgehead atoms. The Balaban J connectivity index is 2.25. The van der Waals surface area contributed by atoms with Gasteiger partial charge in [0.15, 0.2) is 0 Å². The molecule has 0 spiro atoms. The van der Waals surface area contributed by atoms with Crippen LogP contribution >= 0.6 is 11.3 Å². The quantitative estimate of drug-likeness (QED) is 0.695. The molecule has 3 heteroatoms. The molecule has 1 rings (SSSR count). The van der Waals surface area contributed by atoms with Gasteiger partial charge in [-0.3, -0.25) is 4.79 Å². The van der Waals surface area contributed by atoms with Gasteiger partial charge in [0, 0.05) is 6.92 Å². The lowest BCUT2D eigenvalue weighted by Gasteiger charge is -2.09. The normalized spacial score (nSPS) is 12.5. The van der Waals surface area contributed by atoms with Crippen LogP contribution in [0, 0.1) is 5.92 Å². The Morgan fingerprint density at radius 3 is 3.00 bits per heavy atom. The zero-order valence-corrected chi connectivity index (χ0v) is 8.76. The van der Waals surface area contributed by atoms with Crippen molar-refractivity contribution >= 4 is 17.3 Å². The maximum absolute atomic E-state index is 10.5. The fourth-order valence-electron chi connectivity index (χ4n) is 1.13. The molecule has 1 heterocycles. The van der Waals surface area contributed by atoms with Crippen molar-refractivity contribution in [1.29, 1.82) is 0 Å². The van der Waals surface area contributed by atoms with Gasteiger partial charge in [0.25, 0.3) is 0 Å². The van der Waals surface area contributed by atoms with Gasteiger partial charge in [-0.05, 0) is 34.7 Å². The molecular formula is C10H14O2S. The molecule has 0 aliphatic carbocycles. The zero-order chi connectivity index (χ0) is 9.68. The number of ether oxygens (including phenoxy) is 1. The van der Waals surface area contributed by atoms with Crippen molar-refractivity contribution in [3.05, 3.63) is 22.4 Å². The van der Waals surface area contributed by atoms with Crippen molar-refractivity contribution in [3.8, 4) is 0 Å². The summed E-state index contributed by atoms with van der Waals surface area (Å²) >= 11 is 1.70. The number of esters is 1. The number of rotatable bonds is 4. The molecule has 0 N–H and O–H groups in total. The van der Waals surface area contributed by atoms with E-state index in [0.717, 1.165) is 6.42 Å². The molecule has 72 valence electrons. The number of carbonyl (C=O) groups is 1. The van der Waals surface area contributed by atoms with Crippen molar-refractivity contribution in [2.45, 2.75) is 20.3 Å². The Bertz CT molecular complexity index is 254. The molecule has 1 aromatic rings. The summed E-state index contributed by atoms with van der Waals surface area (Å²) in [4.78, 5) is 10.5. The molecule has 13 heavy (non-hydrogen) atoms. The highest BCUT2D eigenvalue weighted by Crippen LogP contribution is 2.12. The molecule has 0 unspecified atom stereocenters. The molecule has 0 aliphatic rings. The predicted octanol–water partition coefficient (Wildman–Crippen LogP) is 2.49. The second-order valence-corrected chi connectivity index (χ2v) is 4.02. The minimum atomic E-state index is -0.197. The Morgan fingerprint density at radius 2 is 2.46 bits per heavy atom. The maximum Gasteiger partial charge on any atom is 0.302 e. The summed E-state index contributed by atoms with van der Waals surface area (Å²) in [5.74, 6) is 0.204. The van der Waals surface area contributed by atoms with Gasteiger partial charge in [0.1, 0.15) is 0 Å². The van der Waals surface area contributed by atoms with E-state index in [2.05, 4.69) is 23.8 Å². The van der Waals surface area contributed by atoms with Crippen LogP contribution in [0.25, 0.3) is 0 Å². The van der Waals surface area contributed by atoms with E-state index in [0.29, 0.717) is 12.5 Å². The van der Waals surface area contributed by atoms with Crippen molar-refractivity contribution in [1.82, 2.24) is 0 Å². The van der Waals surface area contributed by atoms with Crippen LogP contribution in [0.1, 0.15) is 19.4 Å². The van der Waals surface area contributed by atoms with E-state index in [1.165, 1.54) is 12.5 Å². The van der Waals surface area contributed by atoms with Gasteiger partial charge in [0.05, 0.1) is 6.61 Å². The van der Waals surface area contributed by atoms with Crippen LogP contribution in [0.15, 0.2) is 16.8 Å². The van der Waals surface area contributed by atoms with Crippen LogP contribution in [-0.4, -0.2) is 12.6 Å². The van der Waals surface area contributed by atoms with Crippen molar-refractivity contribution < 1.29 is 9.53 Å². The SMILES string of the molecule is CC(=O)OC[C@@H](C)Cc1ccsc1. The molecule has 0 radical (unpaired) electrons. The monoisotopic (exact) mass is 198 g/mol. The van der Waals surface area contributed by atoms with E-state index in [4.69, 9.17) is 4.74 Å². The molecule has 1 aromatic heterocycles. The first kappa shape index (κ1) is 10.3. The molecule has 2 nitrogen and oxygen atoms in total. The standard InChI is InChI=1S/C10H14O2S/c1-8(6-12-9(2)11)5-10-3-4-13-7-10/h3-4,7-8H,5-6H2,1-2H3/t8-/m0/s1. The van der Waals surface area contributed by atoms with E-state index in [-0.39, 0.29) is 5.97 Å². The highest BCUT2D eigenvalue weighted by molar-refractivity contribution is 7.07. The highest BCUT2D eigenvalue weighted by atomic mass is 32.1. The summed E-state index contributed by atoms with van der Waals surface area (Å²) < 4.78 is 4.92. The van der Waals surface area contributed by atoms with Gasteiger partial charge in [0.2, 0.25) is 0 Å². The molecule has 0 aliphatic heterocycles. The lowest BCUT2D eigenvalue weighted by atomic mass is 10.1. The number of hydrogen-bond donors (Lipinski definition) is 0. The number of carbonyl (C=O) groups excluding carboxylic acids is 1. The summed E-state index contributed by atoms with van der Waals surface area (Å²) in [6, 6.07) is 2.11. The Hall–Kier alpha value is -0.830. The molecular weight excluding hydrogens is 184 g/mol. The van der Waals surface area contributed by atoms with E-state index < -0.39 is 0 Å². The van der Waals surface area contributed by atoms with Gasteiger partial charge >= 0.3 is 5.97 Å². The van der Waals surface area contributed by atoms with Crippen LogP contribution in [-0.2, 0) is 16.0 Å². The minimum Gasteiger partial charge on any atom is -0.466 e. The fourth-order valence-corrected chi connectivity index (χ4v) is 1.81. The Morgan fingerprint density at radius 1 is 1.69 bits per heavy atom. The Labute approximate surface area is 82.5 Å². The molecule has 1 atom stereocenters. The summed E-state index contributed by atoms with van der Waals surface area (Å²) in [6.07, 6.45) is 0.983. The third-order valence-corrected chi connectivity index (χ3v) is 2.47. The first-order valence-corrected chi connectivity index (χ1v) is 5.27. The topological polar surface area (TPSA) is 26.3 Å². The molecule has 0 aromatic carbocycles. The summed E-state index contributed by atoms with van der Waals surface area (Å²) in [7, 11) is 0. The lowest BCUT2D eigenvalue weighted by Crippen LogP contribution is -2.11. The maximum atomic E-state index is 10.5. The van der Waals surface area contributed by atoms with Crippen LogP contribution in [0.3, 0.4) is 0 Å². The van der Waals surface area contributed by atoms with Crippen molar-refractivity contribution in [2.24, 2.45) is 5.92 Å². The molecule has 0 fully saturated rings. The smallest absolute Gasteiger partial charge is 0.302 e. The predicted molar refractivity (Wildman–Crippen MR) is 53.8 cm³/mol. The van der Waals surface area contributed by atoms with Crippen LogP contribution in [0.4, 0.5) is 0 Å². The number of thiophene rings is 1. The van der Waals surface area contributed by atoms with E-state index in [1.807, 2.05) is 0 Å². The van der Waals surface area contributed by atoms with Crippen LogP contribution in [0.5, 0.6) is 0 Å². The van der Waals surface area contributed by atoms with E-state index in [9.17, 15) is 4.79 Å². The van der Waals surface area contributed by atoms with Crippen LogP contribution < -0.4 is 0 Å². The average molecular weight is 198 g/mol. The summed E-state index contributed by atoms with van der Waals surface area (Å²) in [6.45, 7) is 4.04. The fraction of sp³-hybridized carbons (Fsp3) is 0.500. The van der Waals surface area contributed by atoms with Gasteiger partial charge < -0.3 is 4.74 Å². The van der Waals surface area contributed by atoms with Gasteiger partial charge in [-0.15, -0.1) is 0 Å². The summed E-state index contributed by atoms with van der Waals surface area (Å²) in [5.41, 5.74) is 1.32. The first-order valence-electron chi connectivity index (χ1n) is 4.33. The lowest BCUT2D eigenvalue weighted by molar-refractivity contribution is -0.142. The molecule has 0 saturated heterocycles. The van der Waals surface area contributed by atoms with Crippen molar-refractivity contribution in [2.75, 3.05) is 6.61 Å². The van der Waals surface area contributed by atoms with E-state index >= 15 is 0 Å². The third-order valence-electron chi connectivity index (χ3n) is 1.74. The van der Waals surface area contributed by atoms with Crippen molar-refractivity contribution in [3.63, 3.8) is 0 Å². The third kappa shape index (κ3) is 4.08. The second-order valence-electron chi connectivity index (χ2n) is 3.24. The second kappa shape index (κ2) is 5.02. The minimum absolute atomic E-state index is 0.197. The van der Waals surface area contributed by atoms with Gasteiger partial charge in [-0.25, -0.2) is 0 Å². The van der Waals surface area contributed by atoms with Crippen LogP contribution in [0.2, 0.25) is 0 Å². The molecule has 0 amide bonds. The largest absolute Gasteiger partial charge is 0.466 e. The van der Waals surface area contributed by atoms with Gasteiger partial charge in [-0.1, -0.05) is 6.92 Å². The number of hydrogen-bond acceptors (Lipinski definition) is 3. The van der Waals surface area contributed by atoms with E-state index in [1.54, 1.807) is 11.3 Å². The van der Waals surface area contributed by atoms with Gasteiger partial charge in [-0.2, -0.15) is 11.3 Å².